The van der Waals surface area contributed by atoms with Crippen LogP contribution in [0.1, 0.15) is 53.4 Å². The highest BCUT2D eigenvalue weighted by Crippen LogP contribution is 2.66. The zero-order chi connectivity index (χ0) is 21.2. The molecule has 156 valence electrons. The standard InChI is InChI=1S/C24H30O5/c1-14-11-17-18(22(3)8-5-16(26)12-20(14)22)6-9-23(4)19(17)7-10-24(23,28)21(27)13-29-15(2)25/h5,8,11-12,17-19,28H,6-7,9-10,13H2,1-4H3/t17-,18+,19+,22-,23+,24+/m1/s1. The molecule has 0 aromatic carbocycles. The summed E-state index contributed by atoms with van der Waals surface area (Å²) in [5.41, 5.74) is 0.0242. The van der Waals surface area contributed by atoms with Gasteiger partial charge in [0.1, 0.15) is 5.60 Å². The molecule has 0 bridgehead atoms. The molecule has 0 aromatic rings. The molecule has 0 heterocycles. The van der Waals surface area contributed by atoms with Gasteiger partial charge in [0.2, 0.25) is 5.78 Å². The number of carbonyl (C=O) groups excluding carboxylic acids is 3. The van der Waals surface area contributed by atoms with Crippen LogP contribution in [0.5, 0.6) is 0 Å². The first kappa shape index (κ1) is 20.3. The average Bonchev–Trinajstić information content (AvgIpc) is 2.94. The zero-order valence-corrected chi connectivity index (χ0v) is 17.7. The predicted octanol–water partition coefficient (Wildman–Crippen LogP) is 3.32. The number of ketones is 2. The molecule has 0 aliphatic heterocycles. The van der Waals surface area contributed by atoms with Crippen molar-refractivity contribution in [3.63, 3.8) is 0 Å². The number of Topliss-reactive ketones (excluding diaryl/α,β-unsaturated/α-hetero) is 1. The maximum atomic E-state index is 12.9. The normalized spacial score (nSPS) is 42.9. The summed E-state index contributed by atoms with van der Waals surface area (Å²) in [6.45, 7) is 7.21. The van der Waals surface area contributed by atoms with E-state index in [0.29, 0.717) is 12.3 Å². The summed E-state index contributed by atoms with van der Waals surface area (Å²) in [6.07, 6.45) is 10.6. The number of rotatable bonds is 3. The summed E-state index contributed by atoms with van der Waals surface area (Å²) < 4.78 is 4.92. The van der Waals surface area contributed by atoms with Crippen LogP contribution in [0, 0.1) is 28.6 Å². The summed E-state index contributed by atoms with van der Waals surface area (Å²) in [6, 6.07) is 0. The second kappa shape index (κ2) is 6.49. The molecular weight excluding hydrogens is 368 g/mol. The molecular formula is C24H30O5. The number of fused-ring (bicyclic) bond motifs is 5. The molecule has 5 nitrogen and oxygen atoms in total. The summed E-state index contributed by atoms with van der Waals surface area (Å²) in [5, 5.41) is 11.5. The summed E-state index contributed by atoms with van der Waals surface area (Å²) in [7, 11) is 0. The molecule has 0 amide bonds. The van der Waals surface area contributed by atoms with Crippen molar-refractivity contribution in [1.82, 2.24) is 0 Å². The minimum absolute atomic E-state index is 0.0376. The highest BCUT2D eigenvalue weighted by atomic mass is 16.5. The van der Waals surface area contributed by atoms with Crippen molar-refractivity contribution in [3.8, 4) is 0 Å². The van der Waals surface area contributed by atoms with Gasteiger partial charge in [0.15, 0.2) is 12.4 Å². The molecule has 0 aromatic heterocycles. The fourth-order valence-electron chi connectivity index (χ4n) is 6.82. The van der Waals surface area contributed by atoms with Gasteiger partial charge in [-0.3, -0.25) is 14.4 Å². The maximum absolute atomic E-state index is 12.9. The van der Waals surface area contributed by atoms with E-state index in [1.54, 1.807) is 12.2 Å². The Morgan fingerprint density at radius 2 is 1.90 bits per heavy atom. The van der Waals surface area contributed by atoms with Gasteiger partial charge in [-0.1, -0.05) is 31.6 Å². The van der Waals surface area contributed by atoms with Gasteiger partial charge in [-0.05, 0) is 68.1 Å². The number of allylic oxidation sites excluding steroid dienone is 6. The largest absolute Gasteiger partial charge is 0.458 e. The Hall–Kier alpha value is -2.01. The summed E-state index contributed by atoms with van der Waals surface area (Å²) in [5.74, 6) is -0.109. The molecule has 4 rings (SSSR count). The van der Waals surface area contributed by atoms with Crippen molar-refractivity contribution in [1.29, 1.82) is 0 Å². The van der Waals surface area contributed by atoms with Crippen molar-refractivity contribution in [2.24, 2.45) is 28.6 Å². The van der Waals surface area contributed by atoms with E-state index in [1.807, 2.05) is 6.92 Å². The Kier molecular flexibility index (Phi) is 4.54. The Morgan fingerprint density at radius 3 is 2.59 bits per heavy atom. The van der Waals surface area contributed by atoms with Crippen LogP contribution in [-0.4, -0.2) is 34.9 Å². The van der Waals surface area contributed by atoms with Crippen molar-refractivity contribution in [2.75, 3.05) is 6.61 Å². The van der Waals surface area contributed by atoms with E-state index in [9.17, 15) is 19.5 Å². The molecule has 1 N–H and O–H groups in total. The van der Waals surface area contributed by atoms with Gasteiger partial charge in [0.25, 0.3) is 0 Å². The lowest BCUT2D eigenvalue weighted by Gasteiger charge is -2.56. The molecule has 0 radical (unpaired) electrons. The highest BCUT2D eigenvalue weighted by molar-refractivity contribution is 6.02. The van der Waals surface area contributed by atoms with Crippen molar-refractivity contribution < 1.29 is 24.2 Å². The molecule has 2 fully saturated rings. The number of carbonyl (C=O) groups is 3. The Labute approximate surface area is 171 Å². The number of hydrogen-bond acceptors (Lipinski definition) is 5. The topological polar surface area (TPSA) is 80.7 Å². The molecule has 4 aliphatic rings. The van der Waals surface area contributed by atoms with E-state index in [0.717, 1.165) is 30.4 Å². The predicted molar refractivity (Wildman–Crippen MR) is 108 cm³/mol. The van der Waals surface area contributed by atoms with Gasteiger partial charge in [0, 0.05) is 17.8 Å². The van der Waals surface area contributed by atoms with E-state index in [1.165, 1.54) is 6.92 Å². The minimum Gasteiger partial charge on any atom is -0.458 e. The van der Waals surface area contributed by atoms with E-state index in [2.05, 4.69) is 26.0 Å². The van der Waals surface area contributed by atoms with Gasteiger partial charge in [0.05, 0.1) is 0 Å². The van der Waals surface area contributed by atoms with Crippen LogP contribution in [0.2, 0.25) is 0 Å². The first-order valence-electron chi connectivity index (χ1n) is 10.6. The Balaban J connectivity index is 1.69. The van der Waals surface area contributed by atoms with Crippen LogP contribution >= 0.6 is 0 Å². The zero-order valence-electron chi connectivity index (χ0n) is 17.7. The molecule has 4 aliphatic carbocycles. The SMILES string of the molecule is CC(=O)OCC(=O)[C@@]1(O)CC[C@H]2[C@@H]3C=C(C)C4=CC(=O)C=C[C@]4(C)[C@H]3CC[C@@]21C. The van der Waals surface area contributed by atoms with Crippen LogP contribution in [0.15, 0.2) is 35.5 Å². The fraction of sp³-hybridized carbons (Fsp3) is 0.625. The first-order chi connectivity index (χ1) is 13.5. The number of esters is 1. The molecule has 0 unspecified atom stereocenters. The third-order valence-corrected chi connectivity index (χ3v) is 8.45. The van der Waals surface area contributed by atoms with Crippen LogP contribution in [0.4, 0.5) is 0 Å². The molecule has 29 heavy (non-hydrogen) atoms. The minimum atomic E-state index is -1.46. The van der Waals surface area contributed by atoms with E-state index >= 15 is 0 Å². The van der Waals surface area contributed by atoms with Gasteiger partial charge in [-0.25, -0.2) is 0 Å². The number of hydrogen-bond donors (Lipinski definition) is 1. The van der Waals surface area contributed by atoms with Crippen LogP contribution < -0.4 is 0 Å². The third-order valence-electron chi connectivity index (χ3n) is 8.45. The smallest absolute Gasteiger partial charge is 0.303 e. The monoisotopic (exact) mass is 398 g/mol. The Morgan fingerprint density at radius 1 is 1.21 bits per heavy atom. The maximum Gasteiger partial charge on any atom is 0.303 e. The molecule has 6 atom stereocenters. The summed E-state index contributed by atoms with van der Waals surface area (Å²) >= 11 is 0. The molecule has 0 spiro atoms. The van der Waals surface area contributed by atoms with E-state index in [-0.39, 0.29) is 35.4 Å². The van der Waals surface area contributed by atoms with Crippen LogP contribution in [-0.2, 0) is 19.1 Å². The lowest BCUT2D eigenvalue weighted by molar-refractivity contribution is -0.166. The van der Waals surface area contributed by atoms with Gasteiger partial charge in [-0.2, -0.15) is 0 Å². The van der Waals surface area contributed by atoms with E-state index < -0.39 is 17.0 Å². The fourth-order valence-corrected chi connectivity index (χ4v) is 6.82. The second-order valence-corrected chi connectivity index (χ2v) is 9.77. The highest BCUT2D eigenvalue weighted by Gasteiger charge is 2.65. The molecule has 5 heteroatoms. The van der Waals surface area contributed by atoms with Crippen molar-refractivity contribution in [2.45, 2.75) is 59.0 Å². The lowest BCUT2D eigenvalue weighted by Crippen LogP contribution is -2.57. The average molecular weight is 398 g/mol. The second-order valence-electron chi connectivity index (χ2n) is 9.77. The Bertz CT molecular complexity index is 880. The quantitative estimate of drug-likeness (QED) is 0.738. The van der Waals surface area contributed by atoms with Crippen LogP contribution in [0.25, 0.3) is 0 Å². The van der Waals surface area contributed by atoms with E-state index in [4.69, 9.17) is 4.74 Å². The lowest BCUT2D eigenvalue weighted by atomic mass is 9.48. The van der Waals surface area contributed by atoms with Crippen LogP contribution in [0.3, 0.4) is 0 Å². The number of ether oxygens (including phenoxy) is 1. The first-order valence-corrected chi connectivity index (χ1v) is 10.6. The molecule has 2 saturated carbocycles. The van der Waals surface area contributed by atoms with Gasteiger partial charge in [-0.15, -0.1) is 0 Å². The summed E-state index contributed by atoms with van der Waals surface area (Å²) in [4.78, 5) is 36.0. The van der Waals surface area contributed by atoms with Crippen molar-refractivity contribution in [3.05, 3.63) is 35.5 Å². The molecule has 0 saturated heterocycles. The van der Waals surface area contributed by atoms with Crippen molar-refractivity contribution >= 4 is 17.5 Å². The van der Waals surface area contributed by atoms with Gasteiger partial charge < -0.3 is 9.84 Å². The van der Waals surface area contributed by atoms with Gasteiger partial charge >= 0.3 is 5.97 Å². The third kappa shape index (κ3) is 2.73. The number of aliphatic hydroxyl groups is 1.